The lowest BCUT2D eigenvalue weighted by Gasteiger charge is -2.09. The van der Waals surface area contributed by atoms with E-state index in [2.05, 4.69) is 24.0 Å². The molecule has 1 aromatic rings. The number of nitriles is 2. The largest absolute Gasteiger partial charge is 0.258 e. The van der Waals surface area contributed by atoms with Crippen LogP contribution in [0.3, 0.4) is 0 Å². The van der Waals surface area contributed by atoms with Crippen LogP contribution >= 0.6 is 0 Å². The van der Waals surface area contributed by atoms with Gasteiger partial charge < -0.3 is 0 Å². The molecule has 19 heavy (non-hydrogen) atoms. The Bertz CT molecular complexity index is 524. The Balaban J connectivity index is 2.06. The standard InChI is InChI=1S/C16H19N3/c1-2-3-4-5-8-14-10-16(14,12-18)15-13(11-17)7-6-9-19-15/h6-7,9,14H,2-5,8,10H2,1H3/t14-,16+/m0/s1. The molecule has 0 spiro atoms. The van der Waals surface area contributed by atoms with E-state index in [1.807, 2.05) is 0 Å². The summed E-state index contributed by atoms with van der Waals surface area (Å²) in [6, 6.07) is 8.09. The zero-order chi connectivity index (χ0) is 13.7. The SMILES string of the molecule is CCCCCC[C@H]1C[C@]1(C#N)c1ncccc1C#N. The molecular weight excluding hydrogens is 234 g/mol. The van der Waals surface area contributed by atoms with Crippen molar-refractivity contribution < 1.29 is 0 Å². The van der Waals surface area contributed by atoms with Gasteiger partial charge in [-0.05, 0) is 30.9 Å². The summed E-state index contributed by atoms with van der Waals surface area (Å²) in [5.74, 6) is 0.386. The van der Waals surface area contributed by atoms with E-state index in [1.165, 1.54) is 25.7 Å². The number of pyridine rings is 1. The number of nitrogens with zero attached hydrogens (tertiary/aromatic N) is 3. The molecule has 0 radical (unpaired) electrons. The van der Waals surface area contributed by atoms with Gasteiger partial charge in [0.15, 0.2) is 0 Å². The van der Waals surface area contributed by atoms with Crippen LogP contribution < -0.4 is 0 Å². The fourth-order valence-electron chi connectivity index (χ4n) is 2.83. The summed E-state index contributed by atoms with van der Waals surface area (Å²) in [6.45, 7) is 2.20. The molecule has 0 aliphatic heterocycles. The summed E-state index contributed by atoms with van der Waals surface area (Å²) in [7, 11) is 0. The molecule has 1 heterocycles. The van der Waals surface area contributed by atoms with Crippen molar-refractivity contribution in [3.05, 3.63) is 29.6 Å². The van der Waals surface area contributed by atoms with Crippen LogP contribution in [-0.2, 0) is 5.41 Å². The van der Waals surface area contributed by atoms with Gasteiger partial charge in [0.05, 0.1) is 17.3 Å². The molecule has 2 atom stereocenters. The first-order chi connectivity index (χ1) is 9.28. The highest BCUT2D eigenvalue weighted by Crippen LogP contribution is 2.56. The van der Waals surface area contributed by atoms with Crippen LogP contribution in [0, 0.1) is 28.6 Å². The Morgan fingerprint density at radius 1 is 1.37 bits per heavy atom. The van der Waals surface area contributed by atoms with Gasteiger partial charge in [-0.3, -0.25) is 4.98 Å². The summed E-state index contributed by atoms with van der Waals surface area (Å²) in [5.41, 5.74) is 0.763. The second kappa shape index (κ2) is 5.85. The summed E-state index contributed by atoms with van der Waals surface area (Å²) in [6.07, 6.45) is 8.53. The van der Waals surface area contributed by atoms with Gasteiger partial charge in [0.25, 0.3) is 0 Å². The molecule has 1 aliphatic rings. The fourth-order valence-corrected chi connectivity index (χ4v) is 2.83. The lowest BCUT2D eigenvalue weighted by molar-refractivity contribution is 0.567. The molecule has 1 aromatic heterocycles. The molecule has 0 amide bonds. The highest BCUT2D eigenvalue weighted by Gasteiger charge is 2.57. The van der Waals surface area contributed by atoms with Crippen LogP contribution in [0.1, 0.15) is 56.7 Å². The molecule has 0 bridgehead atoms. The number of unbranched alkanes of at least 4 members (excludes halogenated alkanes) is 3. The van der Waals surface area contributed by atoms with E-state index in [0.717, 1.165) is 12.8 Å². The molecular formula is C16H19N3. The second-order valence-electron chi connectivity index (χ2n) is 5.34. The van der Waals surface area contributed by atoms with Crippen LogP contribution in [-0.4, -0.2) is 4.98 Å². The van der Waals surface area contributed by atoms with Crippen LogP contribution in [0.2, 0.25) is 0 Å². The van der Waals surface area contributed by atoms with Crippen molar-refractivity contribution in [1.82, 2.24) is 4.98 Å². The Morgan fingerprint density at radius 2 is 2.21 bits per heavy atom. The summed E-state index contributed by atoms with van der Waals surface area (Å²) < 4.78 is 0. The van der Waals surface area contributed by atoms with Crippen molar-refractivity contribution in [1.29, 1.82) is 10.5 Å². The van der Waals surface area contributed by atoms with E-state index >= 15 is 0 Å². The lowest BCUT2D eigenvalue weighted by Crippen LogP contribution is -2.12. The maximum Gasteiger partial charge on any atom is 0.104 e. The van der Waals surface area contributed by atoms with Gasteiger partial charge in [0.2, 0.25) is 0 Å². The summed E-state index contributed by atoms with van der Waals surface area (Å²) >= 11 is 0. The Morgan fingerprint density at radius 3 is 2.89 bits per heavy atom. The summed E-state index contributed by atoms with van der Waals surface area (Å²) in [5, 5.41) is 18.6. The molecule has 1 saturated carbocycles. The minimum atomic E-state index is -0.488. The van der Waals surface area contributed by atoms with Crippen molar-refractivity contribution in [3.8, 4) is 12.1 Å². The number of hydrogen-bond acceptors (Lipinski definition) is 3. The van der Waals surface area contributed by atoms with Crippen LogP contribution in [0.15, 0.2) is 18.3 Å². The van der Waals surface area contributed by atoms with Crippen molar-refractivity contribution in [2.75, 3.05) is 0 Å². The van der Waals surface area contributed by atoms with Crippen LogP contribution in [0.4, 0.5) is 0 Å². The molecule has 0 aromatic carbocycles. The van der Waals surface area contributed by atoms with Crippen LogP contribution in [0.5, 0.6) is 0 Å². The average Bonchev–Trinajstić information content (AvgIpc) is 3.18. The minimum absolute atomic E-state index is 0.386. The smallest absolute Gasteiger partial charge is 0.104 e. The quantitative estimate of drug-likeness (QED) is 0.726. The topological polar surface area (TPSA) is 60.5 Å². The first-order valence-corrected chi connectivity index (χ1v) is 7.05. The number of rotatable bonds is 6. The number of aromatic nitrogens is 1. The van der Waals surface area contributed by atoms with E-state index in [4.69, 9.17) is 5.26 Å². The molecule has 0 saturated heterocycles. The van der Waals surface area contributed by atoms with E-state index in [9.17, 15) is 5.26 Å². The van der Waals surface area contributed by atoms with Gasteiger partial charge in [-0.2, -0.15) is 10.5 Å². The first kappa shape index (κ1) is 13.6. The molecule has 2 rings (SSSR count). The molecule has 98 valence electrons. The van der Waals surface area contributed by atoms with Gasteiger partial charge in [-0.15, -0.1) is 0 Å². The van der Waals surface area contributed by atoms with E-state index in [1.54, 1.807) is 18.3 Å². The molecule has 3 heteroatoms. The zero-order valence-corrected chi connectivity index (χ0v) is 11.4. The average molecular weight is 253 g/mol. The third-order valence-electron chi connectivity index (χ3n) is 4.06. The Kier molecular flexibility index (Phi) is 4.17. The molecule has 1 fully saturated rings. The third kappa shape index (κ3) is 2.61. The highest BCUT2D eigenvalue weighted by atomic mass is 14.8. The van der Waals surface area contributed by atoms with E-state index < -0.39 is 5.41 Å². The Labute approximate surface area is 114 Å². The molecule has 1 aliphatic carbocycles. The van der Waals surface area contributed by atoms with Crippen molar-refractivity contribution >= 4 is 0 Å². The van der Waals surface area contributed by atoms with E-state index in [0.29, 0.717) is 17.2 Å². The normalized spacial score (nSPS) is 24.5. The van der Waals surface area contributed by atoms with Gasteiger partial charge >= 0.3 is 0 Å². The predicted molar refractivity (Wildman–Crippen MR) is 73.1 cm³/mol. The van der Waals surface area contributed by atoms with Gasteiger partial charge in [0, 0.05) is 6.20 Å². The first-order valence-electron chi connectivity index (χ1n) is 7.05. The fraction of sp³-hybridized carbons (Fsp3) is 0.562. The van der Waals surface area contributed by atoms with Crippen molar-refractivity contribution in [3.63, 3.8) is 0 Å². The Hall–Kier alpha value is -1.87. The van der Waals surface area contributed by atoms with E-state index in [-0.39, 0.29) is 0 Å². The number of hydrogen-bond donors (Lipinski definition) is 0. The van der Waals surface area contributed by atoms with Crippen molar-refractivity contribution in [2.24, 2.45) is 5.92 Å². The summed E-state index contributed by atoms with van der Waals surface area (Å²) in [4.78, 5) is 4.30. The lowest BCUT2D eigenvalue weighted by atomic mass is 9.94. The van der Waals surface area contributed by atoms with Gasteiger partial charge in [-0.25, -0.2) is 0 Å². The van der Waals surface area contributed by atoms with Gasteiger partial charge in [-0.1, -0.05) is 32.6 Å². The molecule has 0 unspecified atom stereocenters. The third-order valence-corrected chi connectivity index (χ3v) is 4.06. The maximum absolute atomic E-state index is 9.50. The van der Waals surface area contributed by atoms with Crippen LogP contribution in [0.25, 0.3) is 0 Å². The second-order valence-corrected chi connectivity index (χ2v) is 5.34. The van der Waals surface area contributed by atoms with Crippen molar-refractivity contribution in [2.45, 2.75) is 50.9 Å². The molecule has 3 nitrogen and oxygen atoms in total. The zero-order valence-electron chi connectivity index (χ0n) is 11.4. The highest BCUT2D eigenvalue weighted by molar-refractivity contribution is 5.46. The minimum Gasteiger partial charge on any atom is -0.258 e. The molecule has 0 N–H and O–H groups in total. The predicted octanol–water partition coefficient (Wildman–Crippen LogP) is 3.70. The van der Waals surface area contributed by atoms with Gasteiger partial charge in [0.1, 0.15) is 11.5 Å². The monoisotopic (exact) mass is 253 g/mol. The maximum atomic E-state index is 9.50.